The predicted molar refractivity (Wildman–Crippen MR) is 78.4 cm³/mol. The van der Waals surface area contributed by atoms with Crippen molar-refractivity contribution in [1.29, 1.82) is 0 Å². The monoisotopic (exact) mass is 276 g/mol. The molecule has 1 aromatic rings. The number of carbonyl (C=O) groups is 1. The maximum Gasteiger partial charge on any atom is 0.317 e. The van der Waals surface area contributed by atoms with E-state index in [0.717, 1.165) is 24.4 Å². The zero-order valence-electron chi connectivity index (χ0n) is 12.8. The van der Waals surface area contributed by atoms with Gasteiger partial charge in [0.15, 0.2) is 0 Å². The zero-order chi connectivity index (χ0) is 14.8. The smallest absolute Gasteiger partial charge is 0.317 e. The lowest BCUT2D eigenvalue weighted by molar-refractivity contribution is 0.165. The van der Waals surface area contributed by atoms with Crippen LogP contribution in [0.5, 0.6) is 0 Å². The van der Waals surface area contributed by atoms with E-state index in [1.54, 1.807) is 12.4 Å². The van der Waals surface area contributed by atoms with Crippen molar-refractivity contribution in [3.05, 3.63) is 23.8 Å². The molecule has 0 radical (unpaired) electrons. The first-order valence-electron chi connectivity index (χ1n) is 7.21. The van der Waals surface area contributed by atoms with Crippen molar-refractivity contribution in [3.8, 4) is 0 Å². The van der Waals surface area contributed by atoms with Crippen LogP contribution >= 0.6 is 0 Å². The largest absolute Gasteiger partial charge is 0.338 e. The number of nitrogens with zero attached hydrogens (tertiary/aromatic N) is 3. The van der Waals surface area contributed by atoms with E-state index >= 15 is 0 Å². The molecule has 110 valence electrons. The van der Waals surface area contributed by atoms with Crippen LogP contribution in [-0.2, 0) is 6.42 Å². The molecule has 0 bridgehead atoms. The average Bonchev–Trinajstić information content (AvgIpc) is 2.65. The number of hydrogen-bond donors (Lipinski definition) is 1. The van der Waals surface area contributed by atoms with Crippen molar-refractivity contribution in [2.24, 2.45) is 5.92 Å². The van der Waals surface area contributed by atoms with E-state index in [4.69, 9.17) is 0 Å². The molecular weight excluding hydrogens is 252 g/mol. The molecule has 1 atom stereocenters. The van der Waals surface area contributed by atoms with Crippen LogP contribution < -0.4 is 5.32 Å². The predicted octanol–water partition coefficient (Wildman–Crippen LogP) is 2.16. The first-order valence-corrected chi connectivity index (χ1v) is 7.21. The van der Waals surface area contributed by atoms with Crippen molar-refractivity contribution in [3.63, 3.8) is 0 Å². The van der Waals surface area contributed by atoms with Crippen LogP contribution in [0.1, 0.15) is 38.6 Å². The molecule has 0 spiro atoms. The van der Waals surface area contributed by atoms with Crippen molar-refractivity contribution in [2.75, 3.05) is 13.1 Å². The van der Waals surface area contributed by atoms with Gasteiger partial charge in [-0.3, -0.25) is 9.97 Å². The number of likely N-dealkylation sites (tertiary alicyclic amines) is 1. The van der Waals surface area contributed by atoms with Gasteiger partial charge in [0.05, 0.1) is 11.4 Å². The van der Waals surface area contributed by atoms with E-state index in [-0.39, 0.29) is 11.6 Å². The Balaban J connectivity index is 1.82. The summed E-state index contributed by atoms with van der Waals surface area (Å²) in [5, 5.41) is 2.98. The maximum absolute atomic E-state index is 12.2. The van der Waals surface area contributed by atoms with E-state index < -0.39 is 0 Å². The second-order valence-corrected chi connectivity index (χ2v) is 6.36. The lowest BCUT2D eigenvalue weighted by Gasteiger charge is -2.31. The number of aromatic nitrogens is 2. The summed E-state index contributed by atoms with van der Waals surface area (Å²) in [5.41, 5.74) is 1.77. The lowest BCUT2D eigenvalue weighted by Crippen LogP contribution is -2.48. The van der Waals surface area contributed by atoms with Crippen LogP contribution in [0, 0.1) is 12.8 Å². The van der Waals surface area contributed by atoms with Crippen molar-refractivity contribution >= 4 is 6.03 Å². The molecule has 1 aromatic heterocycles. The molecule has 0 saturated carbocycles. The molecule has 1 saturated heterocycles. The Hall–Kier alpha value is -1.65. The average molecular weight is 276 g/mol. The molecule has 1 N–H and O–H groups in total. The molecule has 2 heterocycles. The summed E-state index contributed by atoms with van der Waals surface area (Å²) in [6.45, 7) is 9.79. The Morgan fingerprint density at radius 2 is 2.20 bits per heavy atom. The Kier molecular flexibility index (Phi) is 4.26. The summed E-state index contributed by atoms with van der Waals surface area (Å²) in [7, 11) is 0. The molecule has 0 aromatic carbocycles. The van der Waals surface area contributed by atoms with Gasteiger partial charge in [0.25, 0.3) is 0 Å². The van der Waals surface area contributed by atoms with E-state index in [2.05, 4.69) is 36.1 Å². The minimum atomic E-state index is -0.0484. The number of urea groups is 1. The van der Waals surface area contributed by atoms with E-state index in [0.29, 0.717) is 18.9 Å². The first-order chi connectivity index (χ1) is 9.38. The summed E-state index contributed by atoms with van der Waals surface area (Å²) in [6.07, 6.45) is 5.29. The third-order valence-electron chi connectivity index (χ3n) is 3.81. The Morgan fingerprint density at radius 3 is 2.75 bits per heavy atom. The molecule has 1 fully saturated rings. The van der Waals surface area contributed by atoms with E-state index in [1.165, 1.54) is 0 Å². The fourth-order valence-electron chi connectivity index (χ4n) is 2.89. The molecule has 1 aliphatic heterocycles. The normalized spacial score (nSPS) is 21.0. The van der Waals surface area contributed by atoms with Gasteiger partial charge in [-0.15, -0.1) is 0 Å². The molecule has 20 heavy (non-hydrogen) atoms. The Labute approximate surface area is 120 Å². The Morgan fingerprint density at radius 1 is 1.45 bits per heavy atom. The van der Waals surface area contributed by atoms with Crippen LogP contribution in [0.4, 0.5) is 4.79 Å². The van der Waals surface area contributed by atoms with Gasteiger partial charge in [-0.05, 0) is 33.1 Å². The van der Waals surface area contributed by atoms with Gasteiger partial charge >= 0.3 is 6.03 Å². The van der Waals surface area contributed by atoms with E-state index in [1.807, 2.05) is 11.8 Å². The van der Waals surface area contributed by atoms with Crippen molar-refractivity contribution in [2.45, 2.75) is 46.1 Å². The third-order valence-corrected chi connectivity index (χ3v) is 3.81. The van der Waals surface area contributed by atoms with Crippen molar-refractivity contribution in [1.82, 2.24) is 20.2 Å². The first kappa shape index (κ1) is 14.8. The fraction of sp³-hybridized carbons (Fsp3) is 0.667. The second-order valence-electron chi connectivity index (χ2n) is 6.36. The topological polar surface area (TPSA) is 58.1 Å². The van der Waals surface area contributed by atoms with E-state index in [9.17, 15) is 4.79 Å². The summed E-state index contributed by atoms with van der Waals surface area (Å²) >= 11 is 0. The van der Waals surface area contributed by atoms with Crippen LogP contribution in [0.25, 0.3) is 0 Å². The van der Waals surface area contributed by atoms with Crippen LogP contribution in [0.3, 0.4) is 0 Å². The number of carbonyl (C=O) groups excluding carboxylic acids is 1. The minimum absolute atomic E-state index is 0.0272. The minimum Gasteiger partial charge on any atom is -0.338 e. The maximum atomic E-state index is 12.2. The fourth-order valence-corrected chi connectivity index (χ4v) is 2.89. The second kappa shape index (κ2) is 5.77. The standard InChI is InChI=1S/C15H24N4O/c1-11-7-15(3,4)19(10-11)14(20)16-6-5-13-9-17-12(2)8-18-13/h8-9,11H,5-7,10H2,1-4H3,(H,16,20). The van der Waals surface area contributed by atoms with Gasteiger partial charge in [0.1, 0.15) is 0 Å². The third kappa shape index (κ3) is 3.46. The summed E-state index contributed by atoms with van der Waals surface area (Å²) in [6, 6.07) is 0.0272. The number of hydrogen-bond acceptors (Lipinski definition) is 3. The summed E-state index contributed by atoms with van der Waals surface area (Å²) in [5.74, 6) is 0.568. The highest BCUT2D eigenvalue weighted by atomic mass is 16.2. The molecule has 2 amide bonds. The van der Waals surface area contributed by atoms with Gasteiger partial charge < -0.3 is 10.2 Å². The highest BCUT2D eigenvalue weighted by Crippen LogP contribution is 2.31. The molecular formula is C15H24N4O. The molecule has 0 aliphatic carbocycles. The van der Waals surface area contributed by atoms with Crippen LogP contribution in [0.15, 0.2) is 12.4 Å². The van der Waals surface area contributed by atoms with Gasteiger partial charge in [-0.1, -0.05) is 6.92 Å². The van der Waals surface area contributed by atoms with Gasteiger partial charge in [-0.25, -0.2) is 4.79 Å². The number of nitrogens with one attached hydrogen (secondary N) is 1. The SMILES string of the molecule is Cc1cnc(CCNC(=O)N2CC(C)CC2(C)C)cn1. The van der Waals surface area contributed by atoms with Crippen molar-refractivity contribution < 1.29 is 4.79 Å². The van der Waals surface area contributed by atoms with Crippen LogP contribution in [0.2, 0.25) is 0 Å². The summed E-state index contributed by atoms with van der Waals surface area (Å²) < 4.78 is 0. The number of rotatable bonds is 3. The highest BCUT2D eigenvalue weighted by Gasteiger charge is 2.39. The number of aryl methyl sites for hydroxylation is 1. The molecule has 5 heteroatoms. The lowest BCUT2D eigenvalue weighted by atomic mass is 9.98. The zero-order valence-corrected chi connectivity index (χ0v) is 12.8. The number of amides is 2. The highest BCUT2D eigenvalue weighted by molar-refractivity contribution is 5.75. The van der Waals surface area contributed by atoms with Gasteiger partial charge in [0, 0.05) is 37.4 Å². The summed E-state index contributed by atoms with van der Waals surface area (Å²) in [4.78, 5) is 22.7. The molecule has 1 aliphatic rings. The van der Waals surface area contributed by atoms with Gasteiger partial charge in [0.2, 0.25) is 0 Å². The Bertz CT molecular complexity index is 469. The molecule has 5 nitrogen and oxygen atoms in total. The van der Waals surface area contributed by atoms with Crippen LogP contribution in [-0.4, -0.2) is 39.5 Å². The molecule has 2 rings (SSSR count). The molecule has 1 unspecified atom stereocenters. The van der Waals surface area contributed by atoms with Gasteiger partial charge in [-0.2, -0.15) is 0 Å². The quantitative estimate of drug-likeness (QED) is 0.920.